The molecule has 0 spiro atoms. The van der Waals surface area contributed by atoms with Gasteiger partial charge in [-0.2, -0.15) is 0 Å². The zero-order valence-electron chi connectivity index (χ0n) is 13.5. The smallest absolute Gasteiger partial charge is 0.223 e. The molecule has 3 saturated carbocycles. The predicted molar refractivity (Wildman–Crippen MR) is 84.0 cm³/mol. The number of rotatable bonds is 6. The summed E-state index contributed by atoms with van der Waals surface area (Å²) in [5.74, 6) is 2.16. The Bertz CT molecular complexity index is 350. The molecule has 120 valence electrons. The lowest BCUT2D eigenvalue weighted by atomic mass is 9.72. The number of ether oxygens (including phenoxy) is 1. The van der Waals surface area contributed by atoms with Gasteiger partial charge in [0.2, 0.25) is 5.91 Å². The van der Waals surface area contributed by atoms with Gasteiger partial charge in [0, 0.05) is 26.2 Å². The lowest BCUT2D eigenvalue weighted by Crippen LogP contribution is -2.40. The van der Waals surface area contributed by atoms with E-state index in [0.29, 0.717) is 17.2 Å². The second-order valence-electron chi connectivity index (χ2n) is 7.66. The van der Waals surface area contributed by atoms with Gasteiger partial charge in [-0.15, -0.1) is 0 Å². The summed E-state index contributed by atoms with van der Waals surface area (Å²) in [6, 6.07) is 0. The third kappa shape index (κ3) is 3.44. The fourth-order valence-electron chi connectivity index (χ4n) is 4.91. The molecule has 3 rings (SSSR count). The van der Waals surface area contributed by atoms with Crippen molar-refractivity contribution in [2.75, 3.05) is 20.3 Å². The number of fused-ring (bicyclic) bond motifs is 1. The van der Waals surface area contributed by atoms with E-state index in [2.05, 4.69) is 5.32 Å². The first kappa shape index (κ1) is 15.3. The lowest BCUT2D eigenvalue weighted by Gasteiger charge is -2.37. The van der Waals surface area contributed by atoms with Crippen LogP contribution in [0, 0.1) is 23.2 Å². The van der Waals surface area contributed by atoms with Gasteiger partial charge >= 0.3 is 0 Å². The number of methoxy groups -OCH3 is 1. The molecule has 0 heterocycles. The van der Waals surface area contributed by atoms with Crippen LogP contribution in [0.15, 0.2) is 0 Å². The van der Waals surface area contributed by atoms with Gasteiger partial charge in [0.25, 0.3) is 0 Å². The minimum atomic E-state index is 0.310. The Balaban J connectivity index is 1.50. The minimum absolute atomic E-state index is 0.310. The summed E-state index contributed by atoms with van der Waals surface area (Å²) in [5, 5.41) is 3.33. The monoisotopic (exact) mass is 293 g/mol. The third-order valence-corrected chi connectivity index (χ3v) is 6.35. The van der Waals surface area contributed by atoms with E-state index in [-0.39, 0.29) is 0 Å². The Morgan fingerprint density at radius 3 is 2.38 bits per heavy atom. The van der Waals surface area contributed by atoms with Crippen LogP contribution < -0.4 is 5.32 Å². The molecule has 3 fully saturated rings. The topological polar surface area (TPSA) is 38.3 Å². The number of amides is 1. The summed E-state index contributed by atoms with van der Waals surface area (Å²) >= 11 is 0. The van der Waals surface area contributed by atoms with Crippen LogP contribution in [0.25, 0.3) is 0 Å². The first-order chi connectivity index (χ1) is 10.3. The third-order valence-electron chi connectivity index (χ3n) is 6.35. The Hall–Kier alpha value is -0.570. The maximum Gasteiger partial charge on any atom is 0.223 e. The van der Waals surface area contributed by atoms with E-state index in [1.165, 1.54) is 57.8 Å². The van der Waals surface area contributed by atoms with Crippen LogP contribution in [0.5, 0.6) is 0 Å². The fraction of sp³-hybridized carbons (Fsp3) is 0.944. The standard InChI is InChI=1S/C18H31NO2/c1-21-12-11-18(9-5-2-6-10-18)13-19-17(20)16-14-7-3-4-8-15(14)16/h14-16H,2-13H2,1H3,(H,19,20)/t14-,15-/m0/s1. The van der Waals surface area contributed by atoms with Crippen molar-refractivity contribution in [1.82, 2.24) is 5.32 Å². The molecule has 3 nitrogen and oxygen atoms in total. The SMILES string of the molecule is COCCC1(CNC(=O)C2[C@H]3CCCC[C@H]23)CCCCC1. The lowest BCUT2D eigenvalue weighted by molar-refractivity contribution is -0.123. The molecule has 0 bridgehead atoms. The largest absolute Gasteiger partial charge is 0.385 e. The van der Waals surface area contributed by atoms with Gasteiger partial charge in [-0.3, -0.25) is 4.79 Å². The van der Waals surface area contributed by atoms with Gasteiger partial charge in [-0.1, -0.05) is 32.1 Å². The highest BCUT2D eigenvalue weighted by Gasteiger charge is 2.54. The quantitative estimate of drug-likeness (QED) is 0.813. The predicted octanol–water partition coefficient (Wildman–Crippen LogP) is 3.53. The van der Waals surface area contributed by atoms with E-state index in [4.69, 9.17) is 4.74 Å². The molecule has 1 amide bonds. The van der Waals surface area contributed by atoms with Crippen LogP contribution in [-0.2, 0) is 9.53 Å². The molecule has 1 N–H and O–H groups in total. The molecule has 0 aliphatic heterocycles. The van der Waals surface area contributed by atoms with Gasteiger partial charge in [0.15, 0.2) is 0 Å². The van der Waals surface area contributed by atoms with Crippen LogP contribution >= 0.6 is 0 Å². The van der Waals surface area contributed by atoms with Gasteiger partial charge < -0.3 is 10.1 Å². The molecular weight excluding hydrogens is 262 g/mol. The molecule has 0 unspecified atom stereocenters. The number of carbonyl (C=O) groups is 1. The van der Waals surface area contributed by atoms with E-state index in [9.17, 15) is 4.79 Å². The van der Waals surface area contributed by atoms with Crippen LogP contribution in [0.3, 0.4) is 0 Å². The number of hydrogen-bond donors (Lipinski definition) is 1. The molecular formula is C18H31NO2. The van der Waals surface area contributed by atoms with Crippen LogP contribution in [0.4, 0.5) is 0 Å². The molecule has 0 aromatic carbocycles. The van der Waals surface area contributed by atoms with Crippen molar-refractivity contribution in [3.8, 4) is 0 Å². The Kier molecular flexibility index (Phi) is 4.88. The first-order valence-electron chi connectivity index (χ1n) is 9.02. The molecule has 21 heavy (non-hydrogen) atoms. The normalized spacial score (nSPS) is 34.0. The second-order valence-corrected chi connectivity index (χ2v) is 7.66. The molecule has 0 aromatic rings. The van der Waals surface area contributed by atoms with E-state index in [1.54, 1.807) is 7.11 Å². The molecule has 0 saturated heterocycles. The van der Waals surface area contributed by atoms with Crippen LogP contribution in [0.1, 0.15) is 64.2 Å². The number of carbonyl (C=O) groups excluding carboxylic acids is 1. The molecule has 2 atom stereocenters. The van der Waals surface area contributed by atoms with Crippen molar-refractivity contribution in [3.63, 3.8) is 0 Å². The molecule has 3 heteroatoms. The molecule has 3 aliphatic rings. The zero-order chi connectivity index (χ0) is 14.7. The summed E-state index contributed by atoms with van der Waals surface area (Å²) in [7, 11) is 1.78. The number of nitrogens with one attached hydrogen (secondary N) is 1. The Morgan fingerprint density at radius 2 is 1.76 bits per heavy atom. The summed E-state index contributed by atoms with van der Waals surface area (Å²) in [6.07, 6.45) is 12.8. The van der Waals surface area contributed by atoms with Crippen molar-refractivity contribution < 1.29 is 9.53 Å². The van der Waals surface area contributed by atoms with Gasteiger partial charge in [-0.05, 0) is 49.4 Å². The summed E-state index contributed by atoms with van der Waals surface area (Å²) in [6.45, 7) is 1.70. The minimum Gasteiger partial charge on any atom is -0.385 e. The van der Waals surface area contributed by atoms with Crippen LogP contribution in [-0.4, -0.2) is 26.2 Å². The van der Waals surface area contributed by atoms with Crippen molar-refractivity contribution in [2.24, 2.45) is 23.2 Å². The van der Waals surface area contributed by atoms with E-state index >= 15 is 0 Å². The summed E-state index contributed by atoms with van der Waals surface area (Å²) in [4.78, 5) is 12.5. The van der Waals surface area contributed by atoms with Gasteiger partial charge in [0.1, 0.15) is 0 Å². The maximum atomic E-state index is 12.5. The summed E-state index contributed by atoms with van der Waals surface area (Å²) < 4.78 is 5.30. The van der Waals surface area contributed by atoms with E-state index < -0.39 is 0 Å². The molecule has 0 radical (unpaired) electrons. The average Bonchev–Trinajstić information content (AvgIpc) is 3.26. The van der Waals surface area contributed by atoms with Crippen molar-refractivity contribution >= 4 is 5.91 Å². The Labute approximate surface area is 129 Å². The van der Waals surface area contributed by atoms with Gasteiger partial charge in [-0.25, -0.2) is 0 Å². The Morgan fingerprint density at radius 1 is 1.10 bits per heavy atom. The van der Waals surface area contributed by atoms with Crippen molar-refractivity contribution in [3.05, 3.63) is 0 Å². The zero-order valence-corrected chi connectivity index (χ0v) is 13.5. The second kappa shape index (κ2) is 6.68. The van der Waals surface area contributed by atoms with Crippen LogP contribution in [0.2, 0.25) is 0 Å². The van der Waals surface area contributed by atoms with Crippen molar-refractivity contribution in [1.29, 1.82) is 0 Å². The van der Waals surface area contributed by atoms with Crippen molar-refractivity contribution in [2.45, 2.75) is 64.2 Å². The first-order valence-corrected chi connectivity index (χ1v) is 9.02. The molecule has 3 aliphatic carbocycles. The molecule has 0 aromatic heterocycles. The number of hydrogen-bond acceptors (Lipinski definition) is 2. The fourth-order valence-corrected chi connectivity index (χ4v) is 4.91. The highest BCUT2D eigenvalue weighted by atomic mass is 16.5. The summed E-state index contributed by atoms with van der Waals surface area (Å²) in [5.41, 5.74) is 0.310. The average molecular weight is 293 g/mol. The van der Waals surface area contributed by atoms with Gasteiger partial charge in [0.05, 0.1) is 0 Å². The maximum absolute atomic E-state index is 12.5. The highest BCUT2D eigenvalue weighted by molar-refractivity contribution is 5.82. The highest BCUT2D eigenvalue weighted by Crippen LogP contribution is 2.55. The van der Waals surface area contributed by atoms with E-state index in [0.717, 1.165) is 31.4 Å². The van der Waals surface area contributed by atoms with E-state index in [1.807, 2.05) is 0 Å².